The second-order valence-corrected chi connectivity index (χ2v) is 7.29. The zero-order valence-electron chi connectivity index (χ0n) is 14.6. The molecule has 0 saturated carbocycles. The molecule has 0 radical (unpaired) electrons. The van der Waals surface area contributed by atoms with Crippen molar-refractivity contribution in [2.24, 2.45) is 10.2 Å². The number of hydrogen-bond donors (Lipinski definition) is 2. The lowest BCUT2D eigenvalue weighted by Crippen LogP contribution is -1.99. The van der Waals surface area contributed by atoms with E-state index in [0.717, 1.165) is 11.6 Å². The van der Waals surface area contributed by atoms with Crippen LogP contribution in [0.25, 0.3) is 10.8 Å². The molecule has 0 bridgehead atoms. The van der Waals surface area contributed by atoms with E-state index in [9.17, 15) is 28.2 Å². The van der Waals surface area contributed by atoms with Gasteiger partial charge in [-0.25, -0.2) is 0 Å². The predicted molar refractivity (Wildman–Crippen MR) is 102 cm³/mol. The van der Waals surface area contributed by atoms with E-state index in [1.807, 2.05) is 6.92 Å². The maximum absolute atomic E-state index is 11.7. The highest BCUT2D eigenvalue weighted by Gasteiger charge is 2.20. The molecule has 0 aromatic heterocycles. The number of phenols is 1. The van der Waals surface area contributed by atoms with Crippen molar-refractivity contribution in [2.45, 2.75) is 18.2 Å². The number of aryl methyl sites for hydroxylation is 1. The number of nitro groups is 1. The average Bonchev–Trinajstić information content (AvgIpc) is 2.65. The van der Waals surface area contributed by atoms with Crippen molar-refractivity contribution in [1.82, 2.24) is 0 Å². The molecule has 0 spiro atoms. The molecule has 28 heavy (non-hydrogen) atoms. The van der Waals surface area contributed by atoms with Crippen LogP contribution in [0.4, 0.5) is 17.1 Å². The molecule has 2 N–H and O–H groups in total. The number of azo groups is 1. The first kappa shape index (κ1) is 19.4. The third kappa shape index (κ3) is 3.68. The van der Waals surface area contributed by atoms with Gasteiger partial charge in [0.1, 0.15) is 16.3 Å². The highest BCUT2D eigenvalue weighted by Crippen LogP contribution is 2.40. The van der Waals surface area contributed by atoms with E-state index in [1.165, 1.54) is 30.3 Å². The summed E-state index contributed by atoms with van der Waals surface area (Å²) in [7, 11) is -4.60. The van der Waals surface area contributed by atoms with Crippen molar-refractivity contribution in [3.8, 4) is 5.75 Å². The second kappa shape index (κ2) is 7.33. The Balaban J connectivity index is 2.26. The van der Waals surface area contributed by atoms with Crippen molar-refractivity contribution >= 4 is 38.0 Å². The summed E-state index contributed by atoms with van der Waals surface area (Å²) in [6.07, 6.45) is 0.618. The Morgan fingerprint density at radius 3 is 2.50 bits per heavy atom. The van der Waals surface area contributed by atoms with Crippen LogP contribution in [0.15, 0.2) is 63.7 Å². The van der Waals surface area contributed by atoms with Gasteiger partial charge in [-0.3, -0.25) is 14.7 Å². The molecule has 0 aliphatic heterocycles. The molecule has 0 aliphatic carbocycles. The Labute approximate surface area is 159 Å². The number of rotatable bonds is 5. The summed E-state index contributed by atoms with van der Waals surface area (Å²) in [6, 6.07) is 11.3. The maximum atomic E-state index is 11.7. The molecule has 0 fully saturated rings. The number of fused-ring (bicyclic) bond motifs is 1. The minimum absolute atomic E-state index is 0.0370. The van der Waals surface area contributed by atoms with Crippen LogP contribution in [0.5, 0.6) is 5.75 Å². The standard InChI is InChI=1S/C18H15N3O6S/c1-2-11-6-8-14(21(23)24)13(10-11)19-20-18-15(22)9-7-12-4-3-5-16(17(12)18)28(25,26)27/h3-10,22H,2H2,1H3,(H,25,26,27). The van der Waals surface area contributed by atoms with Gasteiger partial charge in [0.2, 0.25) is 0 Å². The molecule has 0 unspecified atom stereocenters. The normalized spacial score (nSPS) is 11.9. The van der Waals surface area contributed by atoms with Crippen LogP contribution < -0.4 is 0 Å². The van der Waals surface area contributed by atoms with Gasteiger partial charge < -0.3 is 5.11 Å². The molecule has 3 aromatic carbocycles. The summed E-state index contributed by atoms with van der Waals surface area (Å²) >= 11 is 0. The Bertz CT molecular complexity index is 1220. The molecule has 3 rings (SSSR count). The average molecular weight is 401 g/mol. The van der Waals surface area contributed by atoms with E-state index in [-0.39, 0.29) is 28.2 Å². The minimum Gasteiger partial charge on any atom is -0.506 e. The Hall–Kier alpha value is -3.37. The Kier molecular flexibility index (Phi) is 5.08. The smallest absolute Gasteiger partial charge is 0.296 e. The third-order valence-corrected chi connectivity index (χ3v) is 5.04. The number of phenolic OH excluding ortho intramolecular Hbond substituents is 1. The fourth-order valence-corrected chi connectivity index (χ4v) is 3.48. The van der Waals surface area contributed by atoms with Crippen LogP contribution in [0.3, 0.4) is 0 Å². The summed E-state index contributed by atoms with van der Waals surface area (Å²) in [5.74, 6) is -0.387. The molecule has 144 valence electrons. The summed E-state index contributed by atoms with van der Waals surface area (Å²) < 4.78 is 32.9. The zero-order valence-corrected chi connectivity index (χ0v) is 15.4. The van der Waals surface area contributed by atoms with Gasteiger partial charge in [-0.05, 0) is 35.6 Å². The van der Waals surface area contributed by atoms with Crippen LogP contribution in [0.1, 0.15) is 12.5 Å². The van der Waals surface area contributed by atoms with Crippen molar-refractivity contribution in [3.05, 3.63) is 64.2 Å². The van der Waals surface area contributed by atoms with E-state index in [4.69, 9.17) is 0 Å². The van der Waals surface area contributed by atoms with Gasteiger partial charge in [0.15, 0.2) is 5.69 Å². The lowest BCUT2D eigenvalue weighted by Gasteiger charge is -2.08. The van der Waals surface area contributed by atoms with Gasteiger partial charge >= 0.3 is 0 Å². The first-order valence-electron chi connectivity index (χ1n) is 8.13. The van der Waals surface area contributed by atoms with E-state index in [2.05, 4.69) is 10.2 Å². The van der Waals surface area contributed by atoms with E-state index >= 15 is 0 Å². The quantitative estimate of drug-likeness (QED) is 0.275. The molecular formula is C18H15N3O6S. The number of aromatic hydroxyl groups is 1. The first-order valence-corrected chi connectivity index (χ1v) is 9.57. The number of benzene rings is 3. The summed E-state index contributed by atoms with van der Waals surface area (Å²) in [6.45, 7) is 1.87. The molecule has 0 amide bonds. The van der Waals surface area contributed by atoms with E-state index in [1.54, 1.807) is 12.1 Å². The van der Waals surface area contributed by atoms with Gasteiger partial charge in [0.05, 0.1) is 4.92 Å². The van der Waals surface area contributed by atoms with Crippen LogP contribution in [-0.4, -0.2) is 23.0 Å². The molecule has 0 saturated heterocycles. The highest BCUT2D eigenvalue weighted by molar-refractivity contribution is 7.86. The molecule has 9 nitrogen and oxygen atoms in total. The van der Waals surface area contributed by atoms with Gasteiger partial charge in [0.25, 0.3) is 15.8 Å². The SMILES string of the molecule is CCc1ccc([N+](=O)[O-])c(N=Nc2c(O)ccc3cccc(S(=O)(=O)O)c23)c1. The molecular weight excluding hydrogens is 386 g/mol. The van der Waals surface area contributed by atoms with Crippen molar-refractivity contribution < 1.29 is 23.0 Å². The Morgan fingerprint density at radius 2 is 1.86 bits per heavy atom. The van der Waals surface area contributed by atoms with Gasteiger partial charge in [-0.15, -0.1) is 10.2 Å². The molecule has 10 heteroatoms. The minimum atomic E-state index is -4.60. The van der Waals surface area contributed by atoms with Gasteiger partial charge in [-0.2, -0.15) is 8.42 Å². The molecule has 0 atom stereocenters. The summed E-state index contributed by atoms with van der Waals surface area (Å²) in [5.41, 5.74) is 0.253. The summed E-state index contributed by atoms with van der Waals surface area (Å²) in [4.78, 5) is 10.2. The van der Waals surface area contributed by atoms with Crippen LogP contribution in [0, 0.1) is 10.1 Å². The van der Waals surface area contributed by atoms with Crippen LogP contribution >= 0.6 is 0 Å². The first-order chi connectivity index (χ1) is 13.2. The highest BCUT2D eigenvalue weighted by atomic mass is 32.2. The zero-order chi connectivity index (χ0) is 20.5. The van der Waals surface area contributed by atoms with E-state index < -0.39 is 19.9 Å². The van der Waals surface area contributed by atoms with E-state index in [0.29, 0.717) is 11.8 Å². The third-order valence-electron chi connectivity index (χ3n) is 4.14. The number of nitrogens with zero attached hydrogens (tertiary/aromatic N) is 3. The fourth-order valence-electron chi connectivity index (χ4n) is 2.76. The molecule has 0 aliphatic rings. The lowest BCUT2D eigenvalue weighted by molar-refractivity contribution is -0.384. The van der Waals surface area contributed by atoms with Crippen molar-refractivity contribution in [3.63, 3.8) is 0 Å². The largest absolute Gasteiger partial charge is 0.506 e. The number of hydrogen-bond acceptors (Lipinski definition) is 7. The van der Waals surface area contributed by atoms with Crippen molar-refractivity contribution in [1.29, 1.82) is 0 Å². The maximum Gasteiger partial charge on any atom is 0.296 e. The molecule has 0 heterocycles. The monoisotopic (exact) mass is 401 g/mol. The van der Waals surface area contributed by atoms with Crippen molar-refractivity contribution in [2.75, 3.05) is 0 Å². The molecule has 3 aromatic rings. The lowest BCUT2D eigenvalue weighted by atomic mass is 10.1. The fraction of sp³-hybridized carbons (Fsp3) is 0.111. The van der Waals surface area contributed by atoms with Gasteiger partial charge in [-0.1, -0.05) is 31.2 Å². The Morgan fingerprint density at radius 1 is 1.11 bits per heavy atom. The second-order valence-electron chi connectivity index (χ2n) is 5.90. The number of nitro benzene ring substituents is 1. The van der Waals surface area contributed by atoms with Crippen LogP contribution in [-0.2, 0) is 16.5 Å². The van der Waals surface area contributed by atoms with Crippen LogP contribution in [0.2, 0.25) is 0 Å². The topological polar surface area (TPSA) is 142 Å². The predicted octanol–water partition coefficient (Wildman–Crippen LogP) is 4.68. The summed E-state index contributed by atoms with van der Waals surface area (Å²) in [5, 5.41) is 29.6. The van der Waals surface area contributed by atoms with Gasteiger partial charge in [0, 0.05) is 11.5 Å².